The highest BCUT2D eigenvalue weighted by molar-refractivity contribution is 5.76. The molecule has 1 saturated carbocycles. The number of halogens is 8. The van der Waals surface area contributed by atoms with Crippen molar-refractivity contribution in [1.29, 1.82) is 0 Å². The van der Waals surface area contributed by atoms with Crippen molar-refractivity contribution in [1.82, 2.24) is 0 Å². The molecule has 0 heterocycles. The molecule has 0 aromatic heterocycles. The molecule has 0 atom stereocenters. The second-order valence-corrected chi connectivity index (χ2v) is 8.72. The van der Waals surface area contributed by atoms with Crippen molar-refractivity contribution in [2.75, 3.05) is 0 Å². The first kappa shape index (κ1) is 26.9. The fourth-order valence-corrected chi connectivity index (χ4v) is 4.38. The molecule has 2 aromatic rings. The van der Waals surface area contributed by atoms with E-state index in [9.17, 15) is 39.9 Å². The fourth-order valence-electron chi connectivity index (χ4n) is 4.38. The van der Waals surface area contributed by atoms with E-state index in [1.54, 1.807) is 6.92 Å². The number of hydrogen-bond acceptors (Lipinski definition) is 2. The summed E-state index contributed by atoms with van der Waals surface area (Å²) in [4.78, 5) is 12.3. The normalized spacial score (nSPS) is 18.1. The van der Waals surface area contributed by atoms with E-state index in [1.165, 1.54) is 0 Å². The van der Waals surface area contributed by atoms with Gasteiger partial charge >= 0.3 is 5.97 Å². The summed E-state index contributed by atoms with van der Waals surface area (Å²) >= 11 is 0. The van der Waals surface area contributed by atoms with Crippen LogP contribution in [0.1, 0.15) is 64.4 Å². The van der Waals surface area contributed by atoms with Crippen molar-refractivity contribution in [3.8, 4) is 16.9 Å². The van der Waals surface area contributed by atoms with Crippen LogP contribution in [-0.4, -0.2) is 5.97 Å². The minimum Gasteiger partial charge on any atom is -0.420 e. The molecule has 192 valence electrons. The quantitative estimate of drug-likeness (QED) is 0.164. The van der Waals surface area contributed by atoms with Crippen LogP contribution in [0.15, 0.2) is 0 Å². The lowest BCUT2D eigenvalue weighted by Gasteiger charge is -2.26. The zero-order chi connectivity index (χ0) is 26.0. The largest absolute Gasteiger partial charge is 0.420 e. The van der Waals surface area contributed by atoms with Gasteiger partial charge in [-0.25, -0.2) is 26.3 Å². The molecule has 1 fully saturated rings. The molecular formula is C25H24F8O2. The molecule has 1 aliphatic rings. The summed E-state index contributed by atoms with van der Waals surface area (Å²) in [5, 5.41) is 0. The molecular weight excluding hydrogens is 484 g/mol. The van der Waals surface area contributed by atoms with Gasteiger partial charge in [-0.2, -0.15) is 8.78 Å². The van der Waals surface area contributed by atoms with Gasteiger partial charge in [0.2, 0.25) is 17.4 Å². The van der Waals surface area contributed by atoms with Crippen molar-refractivity contribution in [3.63, 3.8) is 0 Å². The molecule has 35 heavy (non-hydrogen) atoms. The molecule has 2 nitrogen and oxygen atoms in total. The fraction of sp³-hybridized carbons (Fsp3) is 0.480. The van der Waals surface area contributed by atoms with Crippen LogP contribution in [0.4, 0.5) is 35.1 Å². The highest BCUT2D eigenvalue weighted by Crippen LogP contribution is 2.41. The third kappa shape index (κ3) is 5.02. The number of benzene rings is 2. The van der Waals surface area contributed by atoms with E-state index in [1.807, 2.05) is 6.92 Å². The molecule has 0 bridgehead atoms. The second-order valence-electron chi connectivity index (χ2n) is 8.72. The van der Waals surface area contributed by atoms with Crippen molar-refractivity contribution < 1.29 is 44.7 Å². The lowest BCUT2D eigenvalue weighted by molar-refractivity contribution is -0.140. The third-order valence-corrected chi connectivity index (χ3v) is 6.57. The van der Waals surface area contributed by atoms with E-state index in [-0.39, 0.29) is 6.42 Å². The van der Waals surface area contributed by atoms with E-state index in [0.717, 1.165) is 6.42 Å². The lowest BCUT2D eigenvalue weighted by atomic mass is 9.81. The number of unbranched alkanes of at least 4 members (excludes halogenated alkanes) is 1. The van der Waals surface area contributed by atoms with Crippen molar-refractivity contribution >= 4 is 5.97 Å². The Labute approximate surface area is 197 Å². The van der Waals surface area contributed by atoms with Gasteiger partial charge in [0.1, 0.15) is 0 Å². The van der Waals surface area contributed by atoms with Crippen molar-refractivity contribution in [3.05, 3.63) is 52.1 Å². The average Bonchev–Trinajstić information content (AvgIpc) is 2.86. The molecule has 1 aliphatic carbocycles. The predicted molar refractivity (Wildman–Crippen MR) is 112 cm³/mol. The van der Waals surface area contributed by atoms with Crippen LogP contribution in [0.2, 0.25) is 0 Å². The van der Waals surface area contributed by atoms with Gasteiger partial charge in [0, 0.05) is 5.56 Å². The monoisotopic (exact) mass is 508 g/mol. The number of ether oxygens (including phenoxy) is 1. The van der Waals surface area contributed by atoms with Crippen LogP contribution in [-0.2, 0) is 11.2 Å². The molecule has 3 rings (SSSR count). The van der Waals surface area contributed by atoms with Crippen LogP contribution >= 0.6 is 0 Å². The van der Waals surface area contributed by atoms with Crippen LogP contribution in [0.25, 0.3) is 11.1 Å². The molecule has 0 aliphatic heterocycles. The number of esters is 1. The summed E-state index contributed by atoms with van der Waals surface area (Å²) in [6.07, 6.45) is 3.06. The first-order chi connectivity index (χ1) is 16.5. The van der Waals surface area contributed by atoms with Gasteiger partial charge in [0.25, 0.3) is 0 Å². The molecule has 0 unspecified atom stereocenters. The molecule has 0 N–H and O–H groups in total. The van der Waals surface area contributed by atoms with Gasteiger partial charge in [0.05, 0.1) is 17.0 Å². The maximum atomic E-state index is 14.8. The smallest absolute Gasteiger partial charge is 0.314 e. The Morgan fingerprint density at radius 1 is 0.714 bits per heavy atom. The topological polar surface area (TPSA) is 26.3 Å². The van der Waals surface area contributed by atoms with Gasteiger partial charge in [-0.05, 0) is 44.4 Å². The Morgan fingerprint density at radius 3 is 1.60 bits per heavy atom. The SMILES string of the molecule is CCCCc1c(F)c(F)c(-c2c(F)c(F)c(OC(=O)[C@H]3CC[C@H](CC)CC3)c(F)c2F)c(F)c1F. The van der Waals surface area contributed by atoms with Crippen molar-refractivity contribution in [2.45, 2.75) is 65.2 Å². The Morgan fingerprint density at radius 2 is 1.17 bits per heavy atom. The van der Waals surface area contributed by atoms with E-state index in [4.69, 9.17) is 0 Å². The van der Waals surface area contributed by atoms with Gasteiger partial charge in [0.15, 0.2) is 34.9 Å². The summed E-state index contributed by atoms with van der Waals surface area (Å²) in [6, 6.07) is 0. The number of hydrogen-bond donors (Lipinski definition) is 0. The Hall–Kier alpha value is -2.65. The van der Waals surface area contributed by atoms with Crippen molar-refractivity contribution in [2.24, 2.45) is 11.8 Å². The van der Waals surface area contributed by atoms with Crippen LogP contribution in [0.5, 0.6) is 5.75 Å². The van der Waals surface area contributed by atoms with Gasteiger partial charge in [-0.1, -0.05) is 26.7 Å². The summed E-state index contributed by atoms with van der Waals surface area (Å²) < 4.78 is 121. The zero-order valence-electron chi connectivity index (χ0n) is 19.2. The zero-order valence-corrected chi connectivity index (χ0v) is 19.2. The highest BCUT2D eigenvalue weighted by Gasteiger charge is 2.36. The number of carbonyl (C=O) groups excluding carboxylic acids is 1. The minimum atomic E-state index is -2.36. The molecule has 0 amide bonds. The first-order valence-corrected chi connectivity index (χ1v) is 11.5. The second kappa shape index (κ2) is 11.0. The number of carbonyl (C=O) groups is 1. The van der Waals surface area contributed by atoms with Gasteiger partial charge in [-0.15, -0.1) is 0 Å². The molecule has 0 radical (unpaired) electrons. The van der Waals surface area contributed by atoms with Gasteiger partial charge < -0.3 is 4.74 Å². The van der Waals surface area contributed by atoms with E-state index in [2.05, 4.69) is 4.74 Å². The molecule has 0 spiro atoms. The Kier molecular flexibility index (Phi) is 8.43. The first-order valence-electron chi connectivity index (χ1n) is 11.5. The lowest BCUT2D eigenvalue weighted by Crippen LogP contribution is -2.26. The summed E-state index contributed by atoms with van der Waals surface area (Å²) in [7, 11) is 0. The van der Waals surface area contributed by atoms with Gasteiger partial charge in [-0.3, -0.25) is 4.79 Å². The Bertz CT molecular complexity index is 1070. The standard InChI is InChI=1S/C25H24F8O2/c1-3-5-6-13-16(26)18(28)14(19(29)17(13)27)15-20(30)22(32)24(23(33)21(15)31)35-25(34)12-9-7-11(4-2)8-10-12/h11-12H,3-10H2,1-2H3/t11-,12-. The molecule has 10 heteroatoms. The number of rotatable bonds is 7. The maximum absolute atomic E-state index is 14.8. The summed E-state index contributed by atoms with van der Waals surface area (Å²) in [6.45, 7) is 3.63. The van der Waals surface area contributed by atoms with Crippen LogP contribution < -0.4 is 4.74 Å². The predicted octanol–water partition coefficient (Wildman–Crippen LogP) is 7.93. The van der Waals surface area contributed by atoms with E-state index >= 15 is 0 Å². The third-order valence-electron chi connectivity index (χ3n) is 6.57. The van der Waals surface area contributed by atoms with Crippen LogP contribution in [0.3, 0.4) is 0 Å². The van der Waals surface area contributed by atoms with E-state index in [0.29, 0.717) is 38.0 Å². The highest BCUT2D eigenvalue weighted by atomic mass is 19.2. The minimum absolute atomic E-state index is 0.151. The van der Waals surface area contributed by atoms with Crippen LogP contribution in [0, 0.1) is 58.4 Å². The Balaban J connectivity index is 2.04. The van der Waals surface area contributed by atoms with E-state index < -0.39 is 87.3 Å². The summed E-state index contributed by atoms with van der Waals surface area (Å²) in [5.41, 5.74) is -4.92. The summed E-state index contributed by atoms with van der Waals surface area (Å²) in [5.74, 6) is -20.7. The molecule has 2 aromatic carbocycles. The maximum Gasteiger partial charge on any atom is 0.314 e. The average molecular weight is 508 g/mol. The molecule has 0 saturated heterocycles.